The molecule has 1 heterocycles. The van der Waals surface area contributed by atoms with Gasteiger partial charge in [-0.3, -0.25) is 9.59 Å². The molecule has 0 fully saturated rings. The first-order valence-corrected chi connectivity index (χ1v) is 10.2. The van der Waals surface area contributed by atoms with Crippen LogP contribution in [0.5, 0.6) is 5.75 Å². The molecule has 2 amide bonds. The molecule has 0 aliphatic rings. The monoisotopic (exact) mass is 461 g/mol. The second kappa shape index (κ2) is 10.2. The van der Waals surface area contributed by atoms with Crippen LogP contribution in [-0.2, 0) is 11.0 Å². The molecule has 0 aliphatic carbocycles. The SMILES string of the molecule is COc1ccc(NC(=O)c2ccc(NC(=O)CSc3ccc(C(F)(F)F)cn3)cc2)cc1. The molecule has 3 aromatic rings. The van der Waals surface area contributed by atoms with Gasteiger partial charge >= 0.3 is 6.18 Å². The number of methoxy groups -OCH3 is 1. The lowest BCUT2D eigenvalue weighted by atomic mass is 10.2. The summed E-state index contributed by atoms with van der Waals surface area (Å²) in [5.41, 5.74) is 0.656. The number of nitrogens with zero attached hydrogens (tertiary/aromatic N) is 1. The number of anilines is 2. The predicted octanol–water partition coefficient (Wildman–Crippen LogP) is 5.09. The Morgan fingerprint density at radius 3 is 2.12 bits per heavy atom. The normalized spacial score (nSPS) is 11.0. The predicted molar refractivity (Wildman–Crippen MR) is 116 cm³/mol. The summed E-state index contributed by atoms with van der Waals surface area (Å²) in [6.07, 6.45) is -3.72. The highest BCUT2D eigenvalue weighted by molar-refractivity contribution is 7.99. The third kappa shape index (κ3) is 6.48. The Hall–Kier alpha value is -3.53. The maximum Gasteiger partial charge on any atom is 0.417 e. The number of carbonyl (C=O) groups excluding carboxylic acids is 2. The van der Waals surface area contributed by atoms with Gasteiger partial charge in [0.15, 0.2) is 0 Å². The summed E-state index contributed by atoms with van der Waals surface area (Å²) in [5, 5.41) is 5.73. The van der Waals surface area contributed by atoms with Crippen LogP contribution in [0.1, 0.15) is 15.9 Å². The van der Waals surface area contributed by atoms with Crippen LogP contribution in [0, 0.1) is 0 Å². The van der Waals surface area contributed by atoms with E-state index in [0.29, 0.717) is 27.7 Å². The minimum atomic E-state index is -4.45. The lowest BCUT2D eigenvalue weighted by Gasteiger charge is -2.09. The average molecular weight is 461 g/mol. The van der Waals surface area contributed by atoms with Crippen molar-refractivity contribution in [2.24, 2.45) is 0 Å². The van der Waals surface area contributed by atoms with Crippen molar-refractivity contribution in [1.29, 1.82) is 0 Å². The first-order chi connectivity index (χ1) is 15.2. The molecule has 0 atom stereocenters. The lowest BCUT2D eigenvalue weighted by Crippen LogP contribution is -2.15. The molecule has 1 aromatic heterocycles. The molecule has 0 radical (unpaired) electrons. The Morgan fingerprint density at radius 2 is 1.56 bits per heavy atom. The van der Waals surface area contributed by atoms with E-state index < -0.39 is 11.7 Å². The highest BCUT2D eigenvalue weighted by Gasteiger charge is 2.30. The fourth-order valence-electron chi connectivity index (χ4n) is 2.55. The number of amides is 2. The van der Waals surface area contributed by atoms with Gasteiger partial charge in [0.1, 0.15) is 5.75 Å². The average Bonchev–Trinajstić information content (AvgIpc) is 2.78. The smallest absolute Gasteiger partial charge is 0.417 e. The molecule has 32 heavy (non-hydrogen) atoms. The maximum absolute atomic E-state index is 12.6. The molecule has 3 rings (SSSR count). The summed E-state index contributed by atoms with van der Waals surface area (Å²) in [4.78, 5) is 28.1. The molecular formula is C22H18F3N3O3S. The minimum Gasteiger partial charge on any atom is -0.497 e. The molecule has 0 unspecified atom stereocenters. The van der Waals surface area contributed by atoms with Gasteiger partial charge in [0.05, 0.1) is 23.5 Å². The van der Waals surface area contributed by atoms with Crippen molar-refractivity contribution < 1.29 is 27.5 Å². The number of nitrogens with one attached hydrogen (secondary N) is 2. The minimum absolute atomic E-state index is 0.0297. The first-order valence-electron chi connectivity index (χ1n) is 9.26. The Labute approximate surface area is 186 Å². The third-order valence-electron chi connectivity index (χ3n) is 4.19. The van der Waals surface area contributed by atoms with E-state index in [-0.39, 0.29) is 17.6 Å². The van der Waals surface area contributed by atoms with Gasteiger partial charge in [0, 0.05) is 23.1 Å². The van der Waals surface area contributed by atoms with Crippen LogP contribution in [0.2, 0.25) is 0 Å². The number of hydrogen-bond donors (Lipinski definition) is 2. The van der Waals surface area contributed by atoms with Crippen molar-refractivity contribution in [3.63, 3.8) is 0 Å². The zero-order valence-electron chi connectivity index (χ0n) is 16.8. The number of aromatic nitrogens is 1. The maximum atomic E-state index is 12.6. The van der Waals surface area contributed by atoms with Crippen molar-refractivity contribution in [3.8, 4) is 5.75 Å². The van der Waals surface area contributed by atoms with Crippen molar-refractivity contribution in [1.82, 2.24) is 4.98 Å². The van der Waals surface area contributed by atoms with Crippen molar-refractivity contribution in [3.05, 3.63) is 78.0 Å². The number of alkyl halides is 3. The highest BCUT2D eigenvalue weighted by atomic mass is 32.2. The molecule has 0 saturated carbocycles. The third-order valence-corrected chi connectivity index (χ3v) is 5.14. The zero-order chi connectivity index (χ0) is 23.1. The summed E-state index contributed by atoms with van der Waals surface area (Å²) in [6, 6.07) is 15.3. The topological polar surface area (TPSA) is 80.3 Å². The van der Waals surface area contributed by atoms with E-state index in [1.807, 2.05) is 0 Å². The molecule has 0 aliphatic heterocycles. The standard InChI is InChI=1S/C22H18F3N3O3S/c1-31-18-9-7-17(8-10-18)28-21(30)14-2-5-16(6-3-14)27-19(29)13-32-20-11-4-15(12-26-20)22(23,24)25/h2-12H,13H2,1H3,(H,27,29)(H,28,30). The van der Waals surface area contributed by atoms with Crippen LogP contribution in [-0.4, -0.2) is 29.7 Å². The van der Waals surface area contributed by atoms with Crippen molar-refractivity contribution in [2.75, 3.05) is 23.5 Å². The van der Waals surface area contributed by atoms with Crippen LogP contribution in [0.25, 0.3) is 0 Å². The Kier molecular flexibility index (Phi) is 7.37. The van der Waals surface area contributed by atoms with Gasteiger partial charge in [-0.1, -0.05) is 11.8 Å². The van der Waals surface area contributed by atoms with Crippen LogP contribution in [0.3, 0.4) is 0 Å². The van der Waals surface area contributed by atoms with E-state index in [0.717, 1.165) is 24.0 Å². The Bertz CT molecular complexity index is 1070. The number of carbonyl (C=O) groups is 2. The molecule has 2 aromatic carbocycles. The van der Waals surface area contributed by atoms with Gasteiger partial charge in [0.2, 0.25) is 5.91 Å². The quantitative estimate of drug-likeness (QED) is 0.479. The van der Waals surface area contributed by atoms with Crippen molar-refractivity contribution in [2.45, 2.75) is 11.2 Å². The number of halogens is 3. The van der Waals surface area contributed by atoms with E-state index in [4.69, 9.17) is 4.74 Å². The molecule has 6 nitrogen and oxygen atoms in total. The van der Waals surface area contributed by atoms with E-state index >= 15 is 0 Å². The first kappa shape index (κ1) is 23.1. The fraction of sp³-hybridized carbons (Fsp3) is 0.136. The second-order valence-electron chi connectivity index (χ2n) is 6.48. The Morgan fingerprint density at radius 1 is 0.938 bits per heavy atom. The van der Waals surface area contributed by atoms with Gasteiger partial charge < -0.3 is 15.4 Å². The molecule has 2 N–H and O–H groups in total. The number of hydrogen-bond acceptors (Lipinski definition) is 5. The molecule has 0 spiro atoms. The zero-order valence-corrected chi connectivity index (χ0v) is 17.6. The fourth-order valence-corrected chi connectivity index (χ4v) is 3.20. The molecular weight excluding hydrogens is 443 g/mol. The number of rotatable bonds is 7. The van der Waals surface area contributed by atoms with Gasteiger partial charge in [-0.15, -0.1) is 0 Å². The van der Waals surface area contributed by atoms with Gasteiger partial charge in [-0.25, -0.2) is 4.98 Å². The number of thioether (sulfide) groups is 1. The summed E-state index contributed by atoms with van der Waals surface area (Å²) in [6.45, 7) is 0. The van der Waals surface area contributed by atoms with Gasteiger partial charge in [-0.05, 0) is 60.7 Å². The largest absolute Gasteiger partial charge is 0.497 e. The van der Waals surface area contributed by atoms with Crippen LogP contribution >= 0.6 is 11.8 Å². The summed E-state index contributed by atoms with van der Waals surface area (Å²) < 4.78 is 42.7. The van der Waals surface area contributed by atoms with E-state index in [1.165, 1.54) is 6.07 Å². The summed E-state index contributed by atoms with van der Waals surface area (Å²) >= 11 is 1.02. The molecule has 166 valence electrons. The summed E-state index contributed by atoms with van der Waals surface area (Å²) in [7, 11) is 1.55. The highest BCUT2D eigenvalue weighted by Crippen LogP contribution is 2.29. The lowest BCUT2D eigenvalue weighted by molar-refractivity contribution is -0.137. The van der Waals surface area contributed by atoms with Gasteiger partial charge in [0.25, 0.3) is 5.91 Å². The molecule has 0 saturated heterocycles. The van der Waals surface area contributed by atoms with Gasteiger partial charge in [-0.2, -0.15) is 13.2 Å². The molecule has 10 heteroatoms. The van der Waals surface area contributed by atoms with E-state index in [9.17, 15) is 22.8 Å². The summed E-state index contributed by atoms with van der Waals surface area (Å²) in [5.74, 6) is -0.0163. The number of ether oxygens (including phenoxy) is 1. The van der Waals surface area contributed by atoms with Crippen LogP contribution in [0.15, 0.2) is 71.9 Å². The Balaban J connectivity index is 1.50. The number of pyridine rings is 1. The van der Waals surface area contributed by atoms with Crippen molar-refractivity contribution >= 4 is 35.0 Å². The number of benzene rings is 2. The van der Waals surface area contributed by atoms with E-state index in [2.05, 4.69) is 15.6 Å². The second-order valence-corrected chi connectivity index (χ2v) is 7.48. The van der Waals surface area contributed by atoms with E-state index in [1.54, 1.807) is 55.6 Å². The molecule has 0 bridgehead atoms. The van der Waals surface area contributed by atoms with Crippen LogP contribution in [0.4, 0.5) is 24.5 Å². The van der Waals surface area contributed by atoms with Crippen LogP contribution < -0.4 is 15.4 Å².